The molecule has 116 valence electrons. The van der Waals surface area contributed by atoms with Gasteiger partial charge in [0.25, 0.3) is 5.91 Å². The third-order valence-electron chi connectivity index (χ3n) is 3.28. The fourth-order valence-electron chi connectivity index (χ4n) is 2.06. The molecule has 23 heavy (non-hydrogen) atoms. The van der Waals surface area contributed by atoms with E-state index in [1.54, 1.807) is 23.3 Å². The Hall–Kier alpha value is -2.24. The summed E-state index contributed by atoms with van der Waals surface area (Å²) in [5, 5.41) is 4.99. The topological polar surface area (TPSA) is 41.1 Å². The molecule has 1 aromatic heterocycles. The van der Waals surface area contributed by atoms with Crippen LogP contribution in [0.15, 0.2) is 70.3 Å². The van der Waals surface area contributed by atoms with Crippen molar-refractivity contribution in [2.75, 3.05) is 10.0 Å². The fraction of sp³-hybridized carbons (Fsp3) is 0.0556. The summed E-state index contributed by atoms with van der Waals surface area (Å²) >= 11 is 3.22. The minimum Gasteiger partial charge on any atom is -0.325 e. The van der Waals surface area contributed by atoms with Crippen molar-refractivity contribution in [2.24, 2.45) is 0 Å². The summed E-state index contributed by atoms with van der Waals surface area (Å²) in [4.78, 5) is 12.4. The lowest BCUT2D eigenvalue weighted by Crippen LogP contribution is -2.12. The first-order chi connectivity index (χ1) is 11.2. The number of hydrogen-bond acceptors (Lipinski definition) is 4. The molecule has 2 N–H and O–H groups in total. The van der Waals surface area contributed by atoms with Crippen LogP contribution in [0.4, 0.5) is 11.4 Å². The fourth-order valence-corrected chi connectivity index (χ4v) is 3.49. The van der Waals surface area contributed by atoms with Crippen LogP contribution in [-0.4, -0.2) is 5.91 Å². The maximum atomic E-state index is 12.4. The van der Waals surface area contributed by atoms with Gasteiger partial charge in [-0.3, -0.25) is 4.79 Å². The molecule has 3 rings (SSSR count). The van der Waals surface area contributed by atoms with Gasteiger partial charge in [-0.2, -0.15) is 0 Å². The van der Waals surface area contributed by atoms with Gasteiger partial charge < -0.3 is 10.0 Å². The minimum absolute atomic E-state index is 0.107. The van der Waals surface area contributed by atoms with E-state index in [0.29, 0.717) is 5.56 Å². The summed E-state index contributed by atoms with van der Waals surface area (Å²) in [5.74, 6) is -0.107. The second-order valence-corrected chi connectivity index (χ2v) is 7.04. The normalized spacial score (nSPS) is 10.3. The van der Waals surface area contributed by atoms with Gasteiger partial charge in [-0.25, -0.2) is 0 Å². The van der Waals surface area contributed by atoms with Crippen LogP contribution in [0.3, 0.4) is 0 Å². The summed E-state index contributed by atoms with van der Waals surface area (Å²) in [6, 6.07) is 19.3. The molecule has 0 radical (unpaired) electrons. The number of aryl methyl sites for hydroxylation is 1. The molecule has 1 amide bonds. The Morgan fingerprint density at radius 3 is 2.70 bits per heavy atom. The molecule has 5 heteroatoms. The predicted molar refractivity (Wildman–Crippen MR) is 99.4 cm³/mol. The quantitative estimate of drug-likeness (QED) is 0.609. The van der Waals surface area contributed by atoms with E-state index in [-0.39, 0.29) is 5.91 Å². The van der Waals surface area contributed by atoms with Crippen LogP contribution in [0.5, 0.6) is 0 Å². The molecule has 3 nitrogen and oxygen atoms in total. The highest BCUT2D eigenvalue weighted by Crippen LogP contribution is 2.25. The largest absolute Gasteiger partial charge is 0.325 e. The van der Waals surface area contributed by atoms with Crippen LogP contribution in [-0.2, 0) is 0 Å². The zero-order valence-corrected chi connectivity index (χ0v) is 14.2. The number of para-hydroxylation sites is 1. The highest BCUT2D eigenvalue weighted by atomic mass is 32.2. The van der Waals surface area contributed by atoms with E-state index in [4.69, 9.17) is 0 Å². The first-order valence-electron chi connectivity index (χ1n) is 7.16. The van der Waals surface area contributed by atoms with Crippen LogP contribution < -0.4 is 10.0 Å². The number of anilines is 2. The standard InChI is InChI=1S/C18H16N2OS2/c1-13-6-2-3-9-16(13)19-18(21)14-7-4-8-15(12-14)20-23-17-10-5-11-22-17/h2-12,20H,1H3,(H,19,21). The van der Waals surface area contributed by atoms with Crippen molar-refractivity contribution >= 4 is 40.6 Å². The van der Waals surface area contributed by atoms with Gasteiger partial charge in [0, 0.05) is 16.9 Å². The number of benzene rings is 2. The first-order valence-corrected chi connectivity index (χ1v) is 8.85. The lowest BCUT2D eigenvalue weighted by molar-refractivity contribution is 0.102. The van der Waals surface area contributed by atoms with Crippen LogP contribution in [0.2, 0.25) is 0 Å². The number of amides is 1. The zero-order chi connectivity index (χ0) is 16.1. The molecular formula is C18H16N2OS2. The van der Waals surface area contributed by atoms with Gasteiger partial charge in [-0.1, -0.05) is 30.3 Å². The number of carbonyl (C=O) groups is 1. The Labute approximate surface area is 143 Å². The highest BCUT2D eigenvalue weighted by Gasteiger charge is 2.08. The molecule has 0 fully saturated rings. The van der Waals surface area contributed by atoms with Crippen molar-refractivity contribution in [2.45, 2.75) is 11.1 Å². The van der Waals surface area contributed by atoms with Crippen molar-refractivity contribution in [3.8, 4) is 0 Å². The Bertz CT molecular complexity index is 800. The second kappa shape index (κ2) is 7.35. The van der Waals surface area contributed by atoms with E-state index >= 15 is 0 Å². The molecule has 0 aliphatic heterocycles. The van der Waals surface area contributed by atoms with Crippen LogP contribution in [0, 0.1) is 6.92 Å². The Morgan fingerprint density at radius 1 is 1.04 bits per heavy atom. The maximum Gasteiger partial charge on any atom is 0.255 e. The monoisotopic (exact) mass is 340 g/mol. The maximum absolute atomic E-state index is 12.4. The third-order valence-corrected chi connectivity index (χ3v) is 5.16. The smallest absolute Gasteiger partial charge is 0.255 e. The third kappa shape index (κ3) is 4.15. The minimum atomic E-state index is -0.107. The number of thiophene rings is 1. The molecular weight excluding hydrogens is 324 g/mol. The number of hydrogen-bond donors (Lipinski definition) is 2. The summed E-state index contributed by atoms with van der Waals surface area (Å²) in [7, 11) is 0. The zero-order valence-electron chi connectivity index (χ0n) is 12.6. The van der Waals surface area contributed by atoms with E-state index in [2.05, 4.69) is 16.1 Å². The van der Waals surface area contributed by atoms with E-state index in [0.717, 1.165) is 16.9 Å². The first kappa shape index (κ1) is 15.6. The highest BCUT2D eigenvalue weighted by molar-refractivity contribution is 8.02. The van der Waals surface area contributed by atoms with Gasteiger partial charge in [0.05, 0.1) is 4.21 Å². The molecule has 0 bridgehead atoms. The molecule has 0 unspecified atom stereocenters. The van der Waals surface area contributed by atoms with Crippen molar-refractivity contribution in [1.29, 1.82) is 0 Å². The summed E-state index contributed by atoms with van der Waals surface area (Å²) in [6.45, 7) is 1.98. The molecule has 1 heterocycles. The van der Waals surface area contributed by atoms with Gasteiger partial charge in [0.2, 0.25) is 0 Å². The van der Waals surface area contributed by atoms with Gasteiger partial charge in [0.15, 0.2) is 0 Å². The van der Waals surface area contributed by atoms with Crippen molar-refractivity contribution < 1.29 is 4.79 Å². The van der Waals surface area contributed by atoms with Crippen molar-refractivity contribution in [3.63, 3.8) is 0 Å². The Balaban J connectivity index is 1.69. The van der Waals surface area contributed by atoms with E-state index in [1.807, 2.05) is 66.9 Å². The molecule has 0 atom stereocenters. The Kier molecular flexibility index (Phi) is 5.00. The molecule has 0 spiro atoms. The van der Waals surface area contributed by atoms with Crippen LogP contribution in [0.25, 0.3) is 0 Å². The SMILES string of the molecule is Cc1ccccc1NC(=O)c1cccc(NSc2cccs2)c1. The van der Waals surface area contributed by atoms with Crippen molar-refractivity contribution in [1.82, 2.24) is 0 Å². The number of nitrogens with one attached hydrogen (secondary N) is 2. The average Bonchev–Trinajstić information content (AvgIpc) is 3.09. The number of rotatable bonds is 5. The van der Waals surface area contributed by atoms with Crippen molar-refractivity contribution in [3.05, 3.63) is 77.2 Å². The lowest BCUT2D eigenvalue weighted by atomic mass is 10.1. The molecule has 0 saturated carbocycles. The average molecular weight is 340 g/mol. The van der Waals surface area contributed by atoms with Gasteiger partial charge in [-0.15, -0.1) is 11.3 Å². The van der Waals surface area contributed by atoms with Crippen LogP contribution in [0.1, 0.15) is 15.9 Å². The second-order valence-electron chi connectivity index (χ2n) is 4.99. The molecule has 0 saturated heterocycles. The van der Waals surface area contributed by atoms with E-state index in [1.165, 1.54) is 4.21 Å². The van der Waals surface area contributed by atoms with Gasteiger partial charge >= 0.3 is 0 Å². The predicted octanol–water partition coefficient (Wildman–Crippen LogP) is 5.43. The van der Waals surface area contributed by atoms with Gasteiger partial charge in [0.1, 0.15) is 0 Å². The number of carbonyl (C=O) groups excluding carboxylic acids is 1. The molecule has 2 aromatic carbocycles. The Morgan fingerprint density at radius 2 is 1.91 bits per heavy atom. The molecule has 3 aromatic rings. The van der Waals surface area contributed by atoms with Crippen LogP contribution >= 0.6 is 23.3 Å². The lowest BCUT2D eigenvalue weighted by Gasteiger charge is -2.09. The van der Waals surface area contributed by atoms with Gasteiger partial charge in [-0.05, 0) is 60.1 Å². The molecule has 0 aliphatic rings. The summed E-state index contributed by atoms with van der Waals surface area (Å²) in [5.41, 5.74) is 3.41. The molecule has 0 aliphatic carbocycles. The van der Waals surface area contributed by atoms with E-state index < -0.39 is 0 Å². The van der Waals surface area contributed by atoms with E-state index in [9.17, 15) is 4.79 Å². The summed E-state index contributed by atoms with van der Waals surface area (Å²) < 4.78 is 4.44. The summed E-state index contributed by atoms with van der Waals surface area (Å²) in [6.07, 6.45) is 0.